The van der Waals surface area contributed by atoms with Crippen molar-refractivity contribution in [3.63, 3.8) is 0 Å². The average Bonchev–Trinajstić information content (AvgIpc) is 2.29. The number of H-pyrrole nitrogens is 1. The predicted octanol–water partition coefficient (Wildman–Crippen LogP) is 2.98. The van der Waals surface area contributed by atoms with Crippen molar-refractivity contribution in [1.82, 2.24) is 4.98 Å². The summed E-state index contributed by atoms with van der Waals surface area (Å²) in [7, 11) is 0. The first-order valence-corrected chi connectivity index (χ1v) is 5.96. The Morgan fingerprint density at radius 3 is 2.59 bits per heavy atom. The molecule has 17 heavy (non-hydrogen) atoms. The van der Waals surface area contributed by atoms with Crippen LogP contribution in [-0.2, 0) is 0 Å². The molecule has 0 aliphatic carbocycles. The summed E-state index contributed by atoms with van der Waals surface area (Å²) in [5.74, 6) is 1.31. The molecule has 2 N–H and O–H groups in total. The van der Waals surface area contributed by atoms with E-state index < -0.39 is 0 Å². The van der Waals surface area contributed by atoms with E-state index in [4.69, 9.17) is 0 Å². The molecule has 0 bridgehead atoms. The first kappa shape index (κ1) is 11.7. The molecular formula is C14H18N2O. The predicted molar refractivity (Wildman–Crippen MR) is 72.5 cm³/mol. The third-order valence-corrected chi connectivity index (χ3v) is 3.14. The third kappa shape index (κ3) is 2.49. The van der Waals surface area contributed by atoms with Crippen LogP contribution in [-0.4, -0.2) is 11.0 Å². The Balaban J connectivity index is 2.40. The Hall–Kier alpha value is -1.77. The maximum Gasteiger partial charge on any atom is 0.257 e. The van der Waals surface area contributed by atoms with Crippen LogP contribution in [0, 0.1) is 5.92 Å². The van der Waals surface area contributed by atoms with Crippen LogP contribution in [0.25, 0.3) is 10.8 Å². The standard InChI is InChI=1S/C14H18N2O/c1-9(2)10(3)15-13-8-11-6-4-5-7-12(11)14(17)16-13/h4-10H,1-3H3,(H2,15,16,17). The fourth-order valence-electron chi connectivity index (χ4n) is 1.70. The molecule has 90 valence electrons. The molecule has 1 unspecified atom stereocenters. The summed E-state index contributed by atoms with van der Waals surface area (Å²) in [5.41, 5.74) is -0.0402. The number of rotatable bonds is 3. The van der Waals surface area contributed by atoms with E-state index in [1.807, 2.05) is 30.3 Å². The van der Waals surface area contributed by atoms with Crippen molar-refractivity contribution in [3.8, 4) is 0 Å². The SMILES string of the molecule is CC(C)C(C)Nc1cc2ccccc2c(=O)[nH]1. The zero-order chi connectivity index (χ0) is 12.4. The Morgan fingerprint density at radius 1 is 1.18 bits per heavy atom. The van der Waals surface area contributed by atoms with E-state index in [1.165, 1.54) is 0 Å². The first-order valence-electron chi connectivity index (χ1n) is 5.96. The molecule has 0 radical (unpaired) electrons. The maximum atomic E-state index is 11.9. The number of anilines is 1. The van der Waals surface area contributed by atoms with Crippen LogP contribution in [0.15, 0.2) is 35.1 Å². The minimum atomic E-state index is -0.0402. The van der Waals surface area contributed by atoms with Gasteiger partial charge in [-0.25, -0.2) is 0 Å². The van der Waals surface area contributed by atoms with E-state index in [1.54, 1.807) is 0 Å². The quantitative estimate of drug-likeness (QED) is 0.851. The number of nitrogens with one attached hydrogen (secondary N) is 2. The molecule has 0 aliphatic rings. The van der Waals surface area contributed by atoms with Crippen molar-refractivity contribution in [2.75, 3.05) is 5.32 Å². The topological polar surface area (TPSA) is 44.9 Å². The number of benzene rings is 1. The van der Waals surface area contributed by atoms with Crippen LogP contribution in [0.1, 0.15) is 20.8 Å². The molecule has 0 aliphatic heterocycles. The minimum Gasteiger partial charge on any atom is -0.369 e. The van der Waals surface area contributed by atoms with Gasteiger partial charge in [-0.15, -0.1) is 0 Å². The average molecular weight is 230 g/mol. The number of hydrogen-bond donors (Lipinski definition) is 2. The van der Waals surface area contributed by atoms with Gasteiger partial charge in [0.2, 0.25) is 0 Å². The first-order chi connectivity index (χ1) is 8.08. The van der Waals surface area contributed by atoms with Gasteiger partial charge in [-0.2, -0.15) is 0 Å². The smallest absolute Gasteiger partial charge is 0.257 e. The lowest BCUT2D eigenvalue weighted by Gasteiger charge is -2.18. The van der Waals surface area contributed by atoms with Gasteiger partial charge >= 0.3 is 0 Å². The fraction of sp³-hybridized carbons (Fsp3) is 0.357. The molecule has 1 aromatic heterocycles. The monoisotopic (exact) mass is 230 g/mol. The van der Waals surface area contributed by atoms with Gasteiger partial charge in [0, 0.05) is 11.4 Å². The lowest BCUT2D eigenvalue weighted by molar-refractivity contribution is 0.558. The molecule has 3 heteroatoms. The second-order valence-electron chi connectivity index (χ2n) is 4.78. The van der Waals surface area contributed by atoms with E-state index in [9.17, 15) is 4.79 Å². The molecule has 1 atom stereocenters. The second kappa shape index (κ2) is 4.62. The van der Waals surface area contributed by atoms with Gasteiger partial charge in [0.05, 0.1) is 0 Å². The number of hydrogen-bond acceptors (Lipinski definition) is 2. The van der Waals surface area contributed by atoms with Gasteiger partial charge in [-0.05, 0) is 30.4 Å². The van der Waals surface area contributed by atoms with Crippen molar-refractivity contribution >= 4 is 16.6 Å². The Morgan fingerprint density at radius 2 is 1.88 bits per heavy atom. The number of pyridine rings is 1. The van der Waals surface area contributed by atoms with Crippen molar-refractivity contribution in [2.45, 2.75) is 26.8 Å². The van der Waals surface area contributed by atoms with E-state index in [0.29, 0.717) is 12.0 Å². The van der Waals surface area contributed by atoms with Crippen LogP contribution in [0.4, 0.5) is 5.82 Å². The summed E-state index contributed by atoms with van der Waals surface area (Å²) >= 11 is 0. The summed E-state index contributed by atoms with van der Waals surface area (Å²) < 4.78 is 0. The molecule has 2 aromatic rings. The fourth-order valence-corrected chi connectivity index (χ4v) is 1.70. The molecule has 1 heterocycles. The summed E-state index contributed by atoms with van der Waals surface area (Å²) in [6.07, 6.45) is 0. The van der Waals surface area contributed by atoms with Crippen LogP contribution < -0.4 is 10.9 Å². The van der Waals surface area contributed by atoms with Gasteiger partial charge in [0.25, 0.3) is 5.56 Å². The second-order valence-corrected chi connectivity index (χ2v) is 4.78. The van der Waals surface area contributed by atoms with Gasteiger partial charge in [0.15, 0.2) is 0 Å². The van der Waals surface area contributed by atoms with Crippen molar-refractivity contribution < 1.29 is 0 Å². The Kier molecular flexibility index (Phi) is 3.18. The minimum absolute atomic E-state index is 0.0402. The van der Waals surface area contributed by atoms with Gasteiger partial charge in [-0.1, -0.05) is 32.0 Å². The highest BCUT2D eigenvalue weighted by atomic mass is 16.1. The van der Waals surface area contributed by atoms with E-state index in [2.05, 4.69) is 31.1 Å². The third-order valence-electron chi connectivity index (χ3n) is 3.14. The highest BCUT2D eigenvalue weighted by molar-refractivity contribution is 5.83. The number of fused-ring (bicyclic) bond motifs is 1. The van der Waals surface area contributed by atoms with Crippen LogP contribution in [0.2, 0.25) is 0 Å². The largest absolute Gasteiger partial charge is 0.369 e. The highest BCUT2D eigenvalue weighted by Crippen LogP contribution is 2.14. The van der Waals surface area contributed by atoms with Crippen molar-refractivity contribution in [2.24, 2.45) is 5.92 Å². The Bertz CT molecular complexity index is 572. The molecule has 2 rings (SSSR count). The molecule has 0 amide bonds. The van der Waals surface area contributed by atoms with Crippen LogP contribution in [0.3, 0.4) is 0 Å². The van der Waals surface area contributed by atoms with E-state index in [-0.39, 0.29) is 5.56 Å². The van der Waals surface area contributed by atoms with Gasteiger partial charge < -0.3 is 10.3 Å². The molecular weight excluding hydrogens is 212 g/mol. The highest BCUT2D eigenvalue weighted by Gasteiger charge is 2.08. The molecule has 3 nitrogen and oxygen atoms in total. The maximum absolute atomic E-state index is 11.9. The summed E-state index contributed by atoms with van der Waals surface area (Å²) in [6, 6.07) is 9.92. The van der Waals surface area contributed by atoms with Crippen molar-refractivity contribution in [3.05, 3.63) is 40.7 Å². The summed E-state index contributed by atoms with van der Waals surface area (Å²) in [6.45, 7) is 6.41. The van der Waals surface area contributed by atoms with Crippen molar-refractivity contribution in [1.29, 1.82) is 0 Å². The lowest BCUT2D eigenvalue weighted by atomic mass is 10.1. The molecule has 0 saturated carbocycles. The number of aromatic amines is 1. The zero-order valence-electron chi connectivity index (χ0n) is 10.4. The molecule has 0 fully saturated rings. The summed E-state index contributed by atoms with van der Waals surface area (Å²) in [5, 5.41) is 5.02. The normalized spacial score (nSPS) is 12.9. The van der Waals surface area contributed by atoms with E-state index >= 15 is 0 Å². The molecule has 1 aromatic carbocycles. The van der Waals surface area contributed by atoms with Gasteiger partial charge in [0.1, 0.15) is 5.82 Å². The van der Waals surface area contributed by atoms with Crippen LogP contribution >= 0.6 is 0 Å². The molecule has 0 spiro atoms. The Labute approximate surface area is 101 Å². The van der Waals surface area contributed by atoms with Gasteiger partial charge in [-0.3, -0.25) is 4.79 Å². The van der Waals surface area contributed by atoms with E-state index in [0.717, 1.165) is 16.6 Å². The van der Waals surface area contributed by atoms with Crippen LogP contribution in [0.5, 0.6) is 0 Å². The number of aromatic nitrogens is 1. The summed E-state index contributed by atoms with van der Waals surface area (Å²) in [4.78, 5) is 14.7. The zero-order valence-corrected chi connectivity index (χ0v) is 10.4. The molecule has 0 saturated heterocycles. The lowest BCUT2D eigenvalue weighted by Crippen LogP contribution is -2.23.